The molecular weight excluding hydrogens is 312 g/mol. The smallest absolute Gasteiger partial charge is 0.332 e. The molecular formula is C17H18N2O5. The average Bonchev–Trinajstić information content (AvgIpc) is 3.23. The minimum Gasteiger partial charge on any atom is -0.479 e. The summed E-state index contributed by atoms with van der Waals surface area (Å²) >= 11 is 0. The molecule has 0 aliphatic carbocycles. The third kappa shape index (κ3) is 3.62. The lowest BCUT2D eigenvalue weighted by Crippen LogP contribution is -2.35. The van der Waals surface area contributed by atoms with E-state index >= 15 is 0 Å². The van der Waals surface area contributed by atoms with E-state index < -0.39 is 18.2 Å². The third-order valence-corrected chi connectivity index (χ3v) is 3.88. The molecule has 7 nitrogen and oxygen atoms in total. The van der Waals surface area contributed by atoms with Gasteiger partial charge >= 0.3 is 5.97 Å². The van der Waals surface area contributed by atoms with Crippen LogP contribution < -0.4 is 5.32 Å². The molecule has 3 rings (SSSR count). The van der Waals surface area contributed by atoms with Crippen LogP contribution in [-0.2, 0) is 20.9 Å². The number of amides is 1. The standard InChI is InChI=1S/C17H18N2O5/c1-10-2-4-11(5-3-10)16-19-12(9-23-16)8-18-15(20)13-6-7-14(24-13)17(21)22/h2-5,9,13-14H,6-8H2,1H3,(H,18,20)(H,21,22)/t13-,14+/m0/s1. The number of carboxylic acid groups (broad SMARTS) is 1. The number of hydrogen-bond acceptors (Lipinski definition) is 5. The van der Waals surface area contributed by atoms with Gasteiger partial charge in [0.15, 0.2) is 6.10 Å². The molecule has 1 aromatic heterocycles. The van der Waals surface area contributed by atoms with Crippen LogP contribution in [0.3, 0.4) is 0 Å². The van der Waals surface area contributed by atoms with Crippen LogP contribution in [0.2, 0.25) is 0 Å². The molecule has 1 aliphatic heterocycles. The lowest BCUT2D eigenvalue weighted by atomic mass is 10.1. The number of carbonyl (C=O) groups is 2. The molecule has 0 unspecified atom stereocenters. The highest BCUT2D eigenvalue weighted by Gasteiger charge is 2.34. The van der Waals surface area contributed by atoms with Gasteiger partial charge in [0.25, 0.3) is 0 Å². The van der Waals surface area contributed by atoms with E-state index in [-0.39, 0.29) is 12.5 Å². The molecule has 2 heterocycles. The summed E-state index contributed by atoms with van der Waals surface area (Å²) in [4.78, 5) is 27.2. The number of nitrogens with zero attached hydrogens (tertiary/aromatic N) is 1. The Kier molecular flexibility index (Phi) is 4.61. The summed E-state index contributed by atoms with van der Waals surface area (Å²) in [6.45, 7) is 2.20. The van der Waals surface area contributed by atoms with E-state index in [0.717, 1.165) is 11.1 Å². The van der Waals surface area contributed by atoms with E-state index in [4.69, 9.17) is 14.3 Å². The minimum absolute atomic E-state index is 0.200. The van der Waals surface area contributed by atoms with Crippen LogP contribution in [-0.4, -0.2) is 34.2 Å². The van der Waals surface area contributed by atoms with Gasteiger partial charge in [-0.05, 0) is 31.9 Å². The Morgan fingerprint density at radius 3 is 2.62 bits per heavy atom. The number of aryl methyl sites for hydroxylation is 1. The van der Waals surface area contributed by atoms with Crippen LogP contribution in [0.1, 0.15) is 24.1 Å². The summed E-state index contributed by atoms with van der Waals surface area (Å²) in [6.07, 6.45) is 0.603. The zero-order chi connectivity index (χ0) is 17.1. The number of aliphatic carboxylic acids is 1. The lowest BCUT2D eigenvalue weighted by molar-refractivity contribution is -0.151. The fourth-order valence-corrected chi connectivity index (χ4v) is 2.52. The van der Waals surface area contributed by atoms with Crippen LogP contribution in [0.25, 0.3) is 11.5 Å². The first-order valence-electron chi connectivity index (χ1n) is 7.70. The second kappa shape index (κ2) is 6.84. The number of aromatic nitrogens is 1. The Morgan fingerprint density at radius 2 is 1.96 bits per heavy atom. The maximum atomic E-state index is 12.0. The summed E-state index contributed by atoms with van der Waals surface area (Å²) in [5.74, 6) is -0.884. The maximum Gasteiger partial charge on any atom is 0.332 e. The molecule has 0 saturated carbocycles. The molecule has 0 bridgehead atoms. The van der Waals surface area contributed by atoms with Gasteiger partial charge in [-0.25, -0.2) is 9.78 Å². The van der Waals surface area contributed by atoms with Crippen LogP contribution in [0, 0.1) is 6.92 Å². The van der Waals surface area contributed by atoms with Gasteiger partial charge in [0, 0.05) is 5.56 Å². The van der Waals surface area contributed by atoms with Crippen LogP contribution >= 0.6 is 0 Å². The molecule has 7 heteroatoms. The van der Waals surface area contributed by atoms with Crippen LogP contribution in [0.4, 0.5) is 0 Å². The van der Waals surface area contributed by atoms with Crippen molar-refractivity contribution < 1.29 is 23.8 Å². The minimum atomic E-state index is -1.04. The van der Waals surface area contributed by atoms with Crippen molar-refractivity contribution in [1.29, 1.82) is 0 Å². The Bertz CT molecular complexity index is 738. The number of hydrogen-bond donors (Lipinski definition) is 2. The molecule has 1 saturated heterocycles. The topological polar surface area (TPSA) is 102 Å². The molecule has 2 atom stereocenters. The van der Waals surface area contributed by atoms with E-state index in [1.807, 2.05) is 31.2 Å². The molecule has 1 aromatic carbocycles. The number of carbonyl (C=O) groups excluding carboxylic acids is 1. The second-order valence-corrected chi connectivity index (χ2v) is 5.76. The summed E-state index contributed by atoms with van der Waals surface area (Å²) < 4.78 is 10.6. The SMILES string of the molecule is Cc1ccc(-c2nc(CNC(=O)[C@@H]3CC[C@H](C(=O)O)O3)co2)cc1. The number of carboxylic acids is 1. The van der Waals surface area contributed by atoms with Crippen molar-refractivity contribution in [2.75, 3.05) is 0 Å². The number of nitrogens with one attached hydrogen (secondary N) is 1. The fraction of sp³-hybridized carbons (Fsp3) is 0.353. The zero-order valence-corrected chi connectivity index (χ0v) is 13.2. The average molecular weight is 330 g/mol. The Hall–Kier alpha value is -2.67. The van der Waals surface area contributed by atoms with Gasteiger partial charge in [0.1, 0.15) is 12.4 Å². The summed E-state index contributed by atoms with van der Waals surface area (Å²) in [5, 5.41) is 11.6. The van der Waals surface area contributed by atoms with E-state index in [1.54, 1.807) is 0 Å². The molecule has 126 valence electrons. The number of benzene rings is 1. The first-order valence-corrected chi connectivity index (χ1v) is 7.70. The molecule has 2 N–H and O–H groups in total. The summed E-state index contributed by atoms with van der Waals surface area (Å²) in [6, 6.07) is 7.78. The van der Waals surface area contributed by atoms with E-state index in [2.05, 4.69) is 10.3 Å². The molecule has 0 radical (unpaired) electrons. The van der Waals surface area contributed by atoms with E-state index in [0.29, 0.717) is 24.4 Å². The highest BCUT2D eigenvalue weighted by molar-refractivity contribution is 5.82. The largest absolute Gasteiger partial charge is 0.479 e. The monoisotopic (exact) mass is 330 g/mol. The van der Waals surface area contributed by atoms with Crippen LogP contribution in [0.5, 0.6) is 0 Å². The predicted molar refractivity (Wildman–Crippen MR) is 84.1 cm³/mol. The number of rotatable bonds is 5. The van der Waals surface area contributed by atoms with E-state index in [1.165, 1.54) is 6.26 Å². The van der Waals surface area contributed by atoms with Crippen LogP contribution in [0.15, 0.2) is 34.9 Å². The molecule has 0 spiro atoms. The first kappa shape index (κ1) is 16.2. The van der Waals surface area contributed by atoms with E-state index in [9.17, 15) is 9.59 Å². The fourth-order valence-electron chi connectivity index (χ4n) is 2.52. The zero-order valence-electron chi connectivity index (χ0n) is 13.2. The number of ether oxygens (including phenoxy) is 1. The van der Waals surface area contributed by atoms with Crippen molar-refractivity contribution in [3.8, 4) is 11.5 Å². The maximum absolute atomic E-state index is 12.0. The normalized spacial score (nSPS) is 20.0. The van der Waals surface area contributed by atoms with Gasteiger partial charge in [0.2, 0.25) is 11.8 Å². The Morgan fingerprint density at radius 1 is 1.25 bits per heavy atom. The van der Waals surface area contributed by atoms with Gasteiger partial charge in [-0.2, -0.15) is 0 Å². The predicted octanol–water partition coefficient (Wildman–Crippen LogP) is 1.90. The van der Waals surface area contributed by atoms with Gasteiger partial charge in [-0.3, -0.25) is 4.79 Å². The van der Waals surface area contributed by atoms with Crippen molar-refractivity contribution in [2.45, 2.75) is 38.5 Å². The third-order valence-electron chi connectivity index (χ3n) is 3.88. The van der Waals surface area contributed by atoms with Crippen molar-refractivity contribution in [3.05, 3.63) is 41.8 Å². The Labute approximate surface area is 138 Å². The van der Waals surface area contributed by atoms with Gasteiger partial charge < -0.3 is 19.6 Å². The summed E-state index contributed by atoms with van der Waals surface area (Å²) in [5.41, 5.74) is 2.60. The molecule has 24 heavy (non-hydrogen) atoms. The molecule has 1 fully saturated rings. The van der Waals surface area contributed by atoms with Gasteiger partial charge in [-0.1, -0.05) is 17.7 Å². The summed E-state index contributed by atoms with van der Waals surface area (Å²) in [7, 11) is 0. The van der Waals surface area contributed by atoms with Crippen molar-refractivity contribution in [2.24, 2.45) is 0 Å². The highest BCUT2D eigenvalue weighted by Crippen LogP contribution is 2.21. The second-order valence-electron chi connectivity index (χ2n) is 5.76. The molecule has 1 aliphatic rings. The number of oxazole rings is 1. The van der Waals surface area contributed by atoms with Crippen molar-refractivity contribution in [3.63, 3.8) is 0 Å². The van der Waals surface area contributed by atoms with Crippen molar-refractivity contribution >= 4 is 11.9 Å². The highest BCUT2D eigenvalue weighted by atomic mass is 16.5. The van der Waals surface area contributed by atoms with Crippen molar-refractivity contribution in [1.82, 2.24) is 10.3 Å². The molecule has 1 amide bonds. The van der Waals surface area contributed by atoms with Gasteiger partial charge in [0.05, 0.1) is 12.2 Å². The lowest BCUT2D eigenvalue weighted by Gasteiger charge is -2.10. The Balaban J connectivity index is 1.55. The van der Waals surface area contributed by atoms with Gasteiger partial charge in [-0.15, -0.1) is 0 Å². The quantitative estimate of drug-likeness (QED) is 0.868. The first-order chi connectivity index (χ1) is 11.5. The molecule has 2 aromatic rings.